The number of carbonyl (C=O) groups excluding carboxylic acids is 2. The summed E-state index contributed by atoms with van der Waals surface area (Å²) in [5.41, 5.74) is 5.72. The van der Waals surface area contributed by atoms with Crippen LogP contribution in [0.4, 0.5) is 11.4 Å². The molecule has 0 fully saturated rings. The maximum absolute atomic E-state index is 13.0. The van der Waals surface area contributed by atoms with Crippen molar-refractivity contribution in [1.82, 2.24) is 0 Å². The highest BCUT2D eigenvalue weighted by Gasteiger charge is 2.32. The van der Waals surface area contributed by atoms with Gasteiger partial charge in [0.25, 0.3) is 0 Å². The van der Waals surface area contributed by atoms with Gasteiger partial charge in [0.2, 0.25) is 0 Å². The normalized spacial score (nSPS) is 17.7. The van der Waals surface area contributed by atoms with Gasteiger partial charge in [-0.1, -0.05) is 58.4 Å². The zero-order valence-corrected chi connectivity index (χ0v) is 18.4. The molecule has 5 heteroatoms. The van der Waals surface area contributed by atoms with Crippen molar-refractivity contribution in [2.24, 2.45) is 0 Å². The number of hydrogen-bond donors (Lipinski definition) is 2. The van der Waals surface area contributed by atoms with Gasteiger partial charge in [-0.3, -0.25) is 9.59 Å². The lowest BCUT2D eigenvalue weighted by molar-refractivity contribution is -0.116. The first-order valence-corrected chi connectivity index (χ1v) is 11.2. The van der Waals surface area contributed by atoms with Gasteiger partial charge in [0.1, 0.15) is 0 Å². The van der Waals surface area contributed by atoms with E-state index < -0.39 is 0 Å². The van der Waals surface area contributed by atoms with E-state index in [0.29, 0.717) is 17.5 Å². The van der Waals surface area contributed by atoms with Gasteiger partial charge in [-0.25, -0.2) is 0 Å². The minimum absolute atomic E-state index is 0.0214. The Morgan fingerprint density at radius 2 is 1.71 bits per heavy atom. The second-order valence-corrected chi connectivity index (χ2v) is 8.80. The highest BCUT2D eigenvalue weighted by Crippen LogP contribution is 2.41. The number of fused-ring (bicyclic) bond motifs is 1. The molecular formula is C26H21BrN2O2. The molecule has 1 atom stereocenters. The Balaban J connectivity index is 1.59. The number of rotatable bonds is 3. The van der Waals surface area contributed by atoms with Crippen LogP contribution in [0.5, 0.6) is 0 Å². The molecule has 5 rings (SSSR count). The van der Waals surface area contributed by atoms with Gasteiger partial charge in [-0.15, -0.1) is 0 Å². The second kappa shape index (κ2) is 8.16. The monoisotopic (exact) mass is 472 g/mol. The van der Waals surface area contributed by atoms with Crippen LogP contribution in [0.3, 0.4) is 0 Å². The minimum atomic E-state index is -0.246. The quantitative estimate of drug-likeness (QED) is 0.441. The molecule has 1 aliphatic carbocycles. The molecule has 154 valence electrons. The van der Waals surface area contributed by atoms with Crippen molar-refractivity contribution >= 4 is 38.9 Å². The summed E-state index contributed by atoms with van der Waals surface area (Å²) < 4.78 is 0.971. The lowest BCUT2D eigenvalue weighted by Gasteiger charge is -2.25. The molecular weight excluding hydrogens is 452 g/mol. The Bertz CT molecular complexity index is 1220. The van der Waals surface area contributed by atoms with E-state index in [2.05, 4.69) is 26.6 Å². The molecule has 31 heavy (non-hydrogen) atoms. The van der Waals surface area contributed by atoms with Crippen molar-refractivity contribution in [2.75, 3.05) is 10.6 Å². The number of allylic oxidation sites excluding steroid dienone is 1. The minimum Gasteiger partial charge on any atom is -0.372 e. The van der Waals surface area contributed by atoms with E-state index in [-0.39, 0.29) is 17.6 Å². The van der Waals surface area contributed by atoms with Crippen molar-refractivity contribution in [1.29, 1.82) is 0 Å². The number of anilines is 2. The van der Waals surface area contributed by atoms with Crippen LogP contribution in [0, 0.1) is 0 Å². The lowest BCUT2D eigenvalue weighted by Crippen LogP contribution is -2.23. The summed E-state index contributed by atoms with van der Waals surface area (Å²) in [6.45, 7) is 0. The van der Waals surface area contributed by atoms with Crippen molar-refractivity contribution < 1.29 is 9.59 Å². The maximum atomic E-state index is 13.0. The van der Waals surface area contributed by atoms with E-state index >= 15 is 0 Å². The summed E-state index contributed by atoms with van der Waals surface area (Å²) in [5.74, 6) is 0.145. The van der Waals surface area contributed by atoms with Crippen LogP contribution in [-0.4, -0.2) is 11.6 Å². The number of nitrogens with one attached hydrogen (secondary N) is 2. The van der Waals surface area contributed by atoms with Crippen molar-refractivity contribution in [2.45, 2.75) is 25.3 Å². The molecule has 0 radical (unpaired) electrons. The topological polar surface area (TPSA) is 58.2 Å². The molecule has 1 heterocycles. The number of hydrogen-bond acceptors (Lipinski definition) is 4. The molecule has 4 nitrogen and oxygen atoms in total. The Labute approximate surface area is 189 Å². The zero-order chi connectivity index (χ0) is 21.4. The number of Topliss-reactive ketones (excluding diaryl/α,β-unsaturated/α-hetero) is 1. The highest BCUT2D eigenvalue weighted by molar-refractivity contribution is 9.10. The molecule has 2 aliphatic rings. The van der Waals surface area contributed by atoms with Gasteiger partial charge >= 0.3 is 0 Å². The second-order valence-electron chi connectivity index (χ2n) is 7.88. The molecule has 3 aromatic carbocycles. The third kappa shape index (κ3) is 3.81. The fourth-order valence-corrected chi connectivity index (χ4v) is 4.74. The first-order valence-electron chi connectivity index (χ1n) is 10.4. The van der Waals surface area contributed by atoms with Gasteiger partial charge in [-0.2, -0.15) is 0 Å². The molecule has 0 amide bonds. The van der Waals surface area contributed by atoms with E-state index in [1.165, 1.54) is 0 Å². The lowest BCUT2D eigenvalue weighted by atomic mass is 9.87. The molecule has 0 spiro atoms. The molecule has 2 N–H and O–H groups in total. The van der Waals surface area contributed by atoms with E-state index in [1.54, 1.807) is 0 Å². The Kier molecular flexibility index (Phi) is 5.20. The number of carbonyl (C=O) groups is 2. The maximum Gasteiger partial charge on any atom is 0.193 e. The Morgan fingerprint density at radius 3 is 2.52 bits per heavy atom. The largest absolute Gasteiger partial charge is 0.372 e. The first kappa shape index (κ1) is 19.8. The predicted molar refractivity (Wildman–Crippen MR) is 126 cm³/mol. The average Bonchev–Trinajstić information content (AvgIpc) is 2.96. The predicted octanol–water partition coefficient (Wildman–Crippen LogP) is 6.27. The number of benzene rings is 3. The molecule has 0 bridgehead atoms. The van der Waals surface area contributed by atoms with Crippen LogP contribution in [0.1, 0.15) is 46.8 Å². The van der Waals surface area contributed by atoms with E-state index in [0.717, 1.165) is 45.5 Å². The smallest absolute Gasteiger partial charge is 0.193 e. The van der Waals surface area contributed by atoms with Gasteiger partial charge in [0.05, 0.1) is 17.4 Å². The highest BCUT2D eigenvalue weighted by atomic mass is 79.9. The van der Waals surface area contributed by atoms with E-state index in [1.807, 2.05) is 72.8 Å². The fourth-order valence-electron chi connectivity index (χ4n) is 4.33. The van der Waals surface area contributed by atoms with Gasteiger partial charge in [-0.05, 0) is 48.7 Å². The summed E-state index contributed by atoms with van der Waals surface area (Å²) in [4.78, 5) is 25.9. The van der Waals surface area contributed by atoms with Gasteiger partial charge in [0, 0.05) is 33.3 Å². The number of ketones is 2. The summed E-state index contributed by atoms with van der Waals surface area (Å²) in [5, 5.41) is 7.05. The van der Waals surface area contributed by atoms with E-state index in [9.17, 15) is 9.59 Å². The summed E-state index contributed by atoms with van der Waals surface area (Å²) in [7, 11) is 0. The SMILES string of the molecule is O=C1CCCC2=C1C(c1cccc(Br)c1)Nc1ccc(C(=O)c3ccccc3)cc1N2. The third-order valence-corrected chi connectivity index (χ3v) is 6.32. The Morgan fingerprint density at radius 1 is 0.871 bits per heavy atom. The molecule has 3 aromatic rings. The average molecular weight is 473 g/mol. The summed E-state index contributed by atoms with van der Waals surface area (Å²) in [6.07, 6.45) is 2.19. The van der Waals surface area contributed by atoms with Crippen LogP contribution < -0.4 is 10.6 Å². The third-order valence-electron chi connectivity index (χ3n) is 5.83. The standard InChI is InChI=1S/C26H21BrN2O2/c27-19-9-4-8-17(14-19)25-24-21(10-5-11-23(24)30)28-22-15-18(12-13-20(22)29-25)26(31)16-6-2-1-3-7-16/h1-4,6-9,12-15,25,28-29H,5,10-11H2. The van der Waals surface area contributed by atoms with Crippen LogP contribution in [0.2, 0.25) is 0 Å². The van der Waals surface area contributed by atoms with E-state index in [4.69, 9.17) is 0 Å². The summed E-state index contributed by atoms with van der Waals surface area (Å²) in [6, 6.07) is 22.7. The molecule has 1 unspecified atom stereocenters. The van der Waals surface area contributed by atoms with Crippen molar-refractivity contribution in [3.8, 4) is 0 Å². The Hall–Kier alpha value is -3.18. The number of halogens is 1. The molecule has 0 saturated carbocycles. The molecule has 0 aromatic heterocycles. The van der Waals surface area contributed by atoms with Crippen molar-refractivity contribution in [3.63, 3.8) is 0 Å². The first-order chi connectivity index (χ1) is 15.1. The fraction of sp³-hybridized carbons (Fsp3) is 0.154. The summed E-state index contributed by atoms with van der Waals surface area (Å²) >= 11 is 3.55. The van der Waals surface area contributed by atoms with Crippen LogP contribution in [0.15, 0.2) is 88.5 Å². The van der Waals surface area contributed by atoms with Crippen molar-refractivity contribution in [3.05, 3.63) is 105 Å². The van der Waals surface area contributed by atoms with Crippen LogP contribution >= 0.6 is 15.9 Å². The molecule has 0 saturated heterocycles. The van der Waals surface area contributed by atoms with Gasteiger partial charge in [0.15, 0.2) is 11.6 Å². The van der Waals surface area contributed by atoms with Gasteiger partial charge < -0.3 is 10.6 Å². The molecule has 1 aliphatic heterocycles. The van der Waals surface area contributed by atoms with Crippen LogP contribution in [0.25, 0.3) is 0 Å². The zero-order valence-electron chi connectivity index (χ0n) is 16.8. The van der Waals surface area contributed by atoms with Crippen LogP contribution in [-0.2, 0) is 4.79 Å².